The number of Topliss-reactive ketones (excluding diaryl/α,β-unsaturated/α-hetero) is 1. The van der Waals surface area contributed by atoms with Gasteiger partial charge in [0.1, 0.15) is 11.4 Å². The average molecular weight is 280 g/mol. The number of nitro groups is 1. The first-order valence-corrected chi connectivity index (χ1v) is 4.82. The van der Waals surface area contributed by atoms with E-state index in [4.69, 9.17) is 0 Å². The van der Waals surface area contributed by atoms with Crippen LogP contribution in [0.2, 0.25) is 0 Å². The Morgan fingerprint density at radius 1 is 1.47 bits per heavy atom. The first kappa shape index (κ1) is 11.7. The van der Waals surface area contributed by atoms with Crippen LogP contribution < -0.4 is 0 Å². The summed E-state index contributed by atoms with van der Waals surface area (Å²) < 4.78 is 25.7. The third kappa shape index (κ3) is 2.35. The minimum atomic E-state index is -1.36. The van der Waals surface area contributed by atoms with Crippen LogP contribution in [-0.4, -0.2) is 16.0 Å². The van der Waals surface area contributed by atoms with Crippen LogP contribution in [0.4, 0.5) is 14.5 Å². The summed E-state index contributed by atoms with van der Waals surface area (Å²) in [5.41, 5.74) is -1.57. The maximum Gasteiger partial charge on any atom is 0.315 e. The molecule has 0 atom stereocenters. The lowest BCUT2D eigenvalue weighted by Gasteiger charge is -2.01. The van der Waals surface area contributed by atoms with Crippen LogP contribution in [-0.2, 0) is 0 Å². The summed E-state index contributed by atoms with van der Waals surface area (Å²) in [6.07, 6.45) is 0. The van der Waals surface area contributed by atoms with Crippen molar-refractivity contribution in [3.63, 3.8) is 0 Å². The second-order valence-corrected chi connectivity index (χ2v) is 3.16. The van der Waals surface area contributed by atoms with Gasteiger partial charge in [0.2, 0.25) is 5.82 Å². The van der Waals surface area contributed by atoms with Crippen molar-refractivity contribution in [2.45, 2.75) is 0 Å². The molecule has 0 bridgehead atoms. The molecule has 0 amide bonds. The van der Waals surface area contributed by atoms with Crippen molar-refractivity contribution in [3.05, 3.63) is 39.4 Å². The standard InChI is InChI=1S/C8H4BrF2NO3/c9-3-7(13)5-1-4(10)2-6(11)8(5)12(14)15/h1-2H,3H2. The lowest BCUT2D eigenvalue weighted by atomic mass is 10.1. The first-order valence-electron chi connectivity index (χ1n) is 3.70. The Bertz CT molecular complexity index is 436. The Hall–Kier alpha value is -1.37. The largest absolute Gasteiger partial charge is 0.315 e. The maximum absolute atomic E-state index is 13.0. The van der Waals surface area contributed by atoms with Crippen LogP contribution in [0.5, 0.6) is 0 Å². The Balaban J connectivity index is 3.46. The number of rotatable bonds is 3. The maximum atomic E-state index is 13.0. The number of nitrogens with zero attached hydrogens (tertiary/aromatic N) is 1. The average Bonchev–Trinajstić information content (AvgIpc) is 2.14. The minimum absolute atomic E-state index is 0.239. The zero-order chi connectivity index (χ0) is 11.6. The second-order valence-electron chi connectivity index (χ2n) is 2.60. The van der Waals surface area contributed by atoms with Crippen LogP contribution >= 0.6 is 15.9 Å². The molecule has 0 radical (unpaired) electrons. The van der Waals surface area contributed by atoms with E-state index in [1.165, 1.54) is 0 Å². The van der Waals surface area contributed by atoms with E-state index in [0.29, 0.717) is 12.1 Å². The van der Waals surface area contributed by atoms with E-state index in [0.717, 1.165) is 0 Å². The van der Waals surface area contributed by atoms with Gasteiger partial charge in [-0.2, -0.15) is 4.39 Å². The van der Waals surface area contributed by atoms with E-state index in [1.807, 2.05) is 0 Å². The lowest BCUT2D eigenvalue weighted by molar-refractivity contribution is -0.387. The summed E-state index contributed by atoms with van der Waals surface area (Å²) in [5.74, 6) is -3.13. The topological polar surface area (TPSA) is 60.2 Å². The molecule has 0 aliphatic rings. The molecule has 1 rings (SSSR count). The van der Waals surface area contributed by atoms with Crippen LogP contribution in [0.1, 0.15) is 10.4 Å². The predicted octanol–water partition coefficient (Wildman–Crippen LogP) is 2.45. The Kier molecular flexibility index (Phi) is 3.46. The van der Waals surface area contributed by atoms with Gasteiger partial charge in [-0.05, 0) is 6.07 Å². The lowest BCUT2D eigenvalue weighted by Crippen LogP contribution is -2.07. The van der Waals surface area contributed by atoms with Gasteiger partial charge in [0.25, 0.3) is 0 Å². The van der Waals surface area contributed by atoms with E-state index in [1.54, 1.807) is 0 Å². The van der Waals surface area contributed by atoms with Gasteiger partial charge in [-0.1, -0.05) is 15.9 Å². The van der Waals surface area contributed by atoms with Crippen molar-refractivity contribution in [2.75, 3.05) is 5.33 Å². The molecule has 0 aromatic heterocycles. The molecule has 0 fully saturated rings. The summed E-state index contributed by atoms with van der Waals surface area (Å²) in [6.45, 7) is 0. The van der Waals surface area contributed by atoms with Gasteiger partial charge in [-0.3, -0.25) is 14.9 Å². The molecule has 1 aromatic rings. The minimum Gasteiger partial charge on any atom is -0.293 e. The molecule has 0 spiro atoms. The Labute approximate surface area is 91.2 Å². The summed E-state index contributed by atoms with van der Waals surface area (Å²) in [6, 6.07) is 1.01. The fraction of sp³-hybridized carbons (Fsp3) is 0.125. The van der Waals surface area contributed by atoms with E-state index in [9.17, 15) is 23.7 Å². The molecule has 0 heterocycles. The molecular formula is C8H4BrF2NO3. The zero-order valence-corrected chi connectivity index (χ0v) is 8.75. The van der Waals surface area contributed by atoms with Crippen molar-refractivity contribution in [1.29, 1.82) is 0 Å². The number of halogens is 3. The van der Waals surface area contributed by atoms with Crippen LogP contribution in [0, 0.1) is 21.7 Å². The summed E-state index contributed by atoms with van der Waals surface area (Å²) in [5, 5.41) is 10.2. The third-order valence-corrected chi connectivity index (χ3v) is 2.14. The van der Waals surface area contributed by atoms with Crippen molar-refractivity contribution in [3.8, 4) is 0 Å². The van der Waals surface area contributed by atoms with Gasteiger partial charge in [0.15, 0.2) is 5.78 Å². The van der Waals surface area contributed by atoms with Crippen molar-refractivity contribution in [2.24, 2.45) is 0 Å². The molecule has 1 aromatic carbocycles. The van der Waals surface area contributed by atoms with E-state index < -0.39 is 33.6 Å². The molecule has 0 aliphatic heterocycles. The summed E-state index contributed by atoms with van der Waals surface area (Å²) >= 11 is 2.77. The molecule has 0 aliphatic carbocycles. The zero-order valence-electron chi connectivity index (χ0n) is 7.17. The summed E-state index contributed by atoms with van der Waals surface area (Å²) in [7, 11) is 0. The molecule has 0 unspecified atom stereocenters. The van der Waals surface area contributed by atoms with E-state index >= 15 is 0 Å². The molecule has 15 heavy (non-hydrogen) atoms. The van der Waals surface area contributed by atoms with Crippen LogP contribution in [0.15, 0.2) is 12.1 Å². The first-order chi connectivity index (χ1) is 6.97. The number of carbonyl (C=O) groups is 1. The number of carbonyl (C=O) groups excluding carboxylic acids is 1. The number of alkyl halides is 1. The Morgan fingerprint density at radius 3 is 2.53 bits per heavy atom. The molecule has 0 saturated heterocycles. The van der Waals surface area contributed by atoms with Crippen molar-refractivity contribution >= 4 is 27.4 Å². The molecular weight excluding hydrogens is 276 g/mol. The molecule has 4 nitrogen and oxygen atoms in total. The summed E-state index contributed by atoms with van der Waals surface area (Å²) in [4.78, 5) is 20.6. The number of ketones is 1. The van der Waals surface area contributed by atoms with Crippen molar-refractivity contribution < 1.29 is 18.5 Å². The van der Waals surface area contributed by atoms with E-state index in [2.05, 4.69) is 15.9 Å². The number of benzene rings is 1. The third-order valence-electron chi connectivity index (χ3n) is 1.63. The highest BCUT2D eigenvalue weighted by molar-refractivity contribution is 9.09. The van der Waals surface area contributed by atoms with Crippen LogP contribution in [0.3, 0.4) is 0 Å². The second kappa shape index (κ2) is 4.43. The molecule has 0 saturated carbocycles. The van der Waals surface area contributed by atoms with Gasteiger partial charge in [-0.15, -0.1) is 0 Å². The smallest absolute Gasteiger partial charge is 0.293 e. The SMILES string of the molecule is O=C(CBr)c1cc(F)cc(F)c1[N+](=O)[O-]. The molecule has 7 heteroatoms. The normalized spacial score (nSPS) is 10.1. The van der Waals surface area contributed by atoms with Gasteiger partial charge in [0, 0.05) is 6.07 Å². The number of hydrogen-bond acceptors (Lipinski definition) is 3. The van der Waals surface area contributed by atoms with Gasteiger partial charge >= 0.3 is 5.69 Å². The van der Waals surface area contributed by atoms with Gasteiger partial charge in [0.05, 0.1) is 10.3 Å². The van der Waals surface area contributed by atoms with Gasteiger partial charge < -0.3 is 0 Å². The predicted molar refractivity (Wildman–Crippen MR) is 51.1 cm³/mol. The molecule has 80 valence electrons. The highest BCUT2D eigenvalue weighted by Crippen LogP contribution is 2.24. The van der Waals surface area contributed by atoms with E-state index in [-0.39, 0.29) is 5.33 Å². The number of nitro benzene ring substituents is 1. The fourth-order valence-electron chi connectivity index (χ4n) is 1.04. The monoisotopic (exact) mass is 279 g/mol. The number of hydrogen-bond donors (Lipinski definition) is 0. The highest BCUT2D eigenvalue weighted by atomic mass is 79.9. The van der Waals surface area contributed by atoms with Gasteiger partial charge in [-0.25, -0.2) is 4.39 Å². The quantitative estimate of drug-likeness (QED) is 0.370. The van der Waals surface area contributed by atoms with Crippen molar-refractivity contribution in [1.82, 2.24) is 0 Å². The molecule has 0 N–H and O–H groups in total. The fourth-order valence-corrected chi connectivity index (χ4v) is 1.34. The Morgan fingerprint density at radius 2 is 2.07 bits per heavy atom. The highest BCUT2D eigenvalue weighted by Gasteiger charge is 2.25. The van der Waals surface area contributed by atoms with Crippen LogP contribution in [0.25, 0.3) is 0 Å².